The smallest absolute Gasteiger partial charge is 0.218 e. The lowest BCUT2D eigenvalue weighted by atomic mass is 10.2. The van der Waals surface area contributed by atoms with E-state index >= 15 is 0 Å². The SMILES string of the molecule is CC(=O)N[C@H](Nc1ccc(F)cc1)C(=O)c1cccs1. The molecule has 2 rings (SSSR count). The largest absolute Gasteiger partial charge is 0.359 e. The maximum Gasteiger partial charge on any atom is 0.218 e. The Bertz CT molecular complexity index is 596. The second-order valence-electron chi connectivity index (χ2n) is 4.13. The van der Waals surface area contributed by atoms with Gasteiger partial charge in [0.05, 0.1) is 4.88 Å². The van der Waals surface area contributed by atoms with Gasteiger partial charge in [-0.25, -0.2) is 4.39 Å². The molecule has 0 spiro atoms. The summed E-state index contributed by atoms with van der Waals surface area (Å²) in [6, 6.07) is 9.03. The quantitative estimate of drug-likeness (QED) is 0.658. The molecule has 0 aliphatic heterocycles. The summed E-state index contributed by atoms with van der Waals surface area (Å²) >= 11 is 1.30. The molecule has 0 aliphatic carbocycles. The number of nitrogens with one attached hydrogen (secondary N) is 2. The highest BCUT2D eigenvalue weighted by molar-refractivity contribution is 7.12. The first-order valence-electron chi connectivity index (χ1n) is 5.93. The third-order valence-electron chi connectivity index (χ3n) is 2.53. The van der Waals surface area contributed by atoms with Crippen LogP contribution in [0, 0.1) is 5.82 Å². The molecule has 0 saturated carbocycles. The fraction of sp³-hybridized carbons (Fsp3) is 0.143. The van der Waals surface area contributed by atoms with Crippen LogP contribution >= 0.6 is 11.3 Å². The average molecular weight is 292 g/mol. The third kappa shape index (κ3) is 3.64. The number of benzene rings is 1. The summed E-state index contributed by atoms with van der Waals surface area (Å²) in [4.78, 5) is 24.0. The summed E-state index contributed by atoms with van der Waals surface area (Å²) in [7, 11) is 0. The van der Waals surface area contributed by atoms with Gasteiger partial charge in [-0.3, -0.25) is 9.59 Å². The number of hydrogen-bond donors (Lipinski definition) is 2. The number of thiophene rings is 1. The van der Waals surface area contributed by atoms with Crippen LogP contribution in [0.1, 0.15) is 16.6 Å². The van der Waals surface area contributed by atoms with Crippen molar-refractivity contribution in [2.24, 2.45) is 0 Å². The molecule has 2 aromatic rings. The Morgan fingerprint density at radius 2 is 1.90 bits per heavy atom. The van der Waals surface area contributed by atoms with Crippen molar-refractivity contribution in [3.63, 3.8) is 0 Å². The van der Waals surface area contributed by atoms with E-state index in [0.29, 0.717) is 10.6 Å². The highest BCUT2D eigenvalue weighted by Crippen LogP contribution is 2.14. The summed E-state index contributed by atoms with van der Waals surface area (Å²) in [5.41, 5.74) is 0.551. The number of halogens is 1. The van der Waals surface area contributed by atoms with Gasteiger partial charge in [0.25, 0.3) is 0 Å². The standard InChI is InChI=1S/C14H13FN2O2S/c1-9(18)16-14(13(19)12-3-2-8-20-12)17-11-6-4-10(15)5-7-11/h2-8,14,17H,1H3,(H,16,18)/t14-/m1/s1. The van der Waals surface area contributed by atoms with Gasteiger partial charge in [0.2, 0.25) is 11.7 Å². The minimum Gasteiger partial charge on any atom is -0.359 e. The molecule has 1 aromatic carbocycles. The summed E-state index contributed by atoms with van der Waals surface area (Å²) in [5, 5.41) is 7.22. The van der Waals surface area contributed by atoms with Gasteiger partial charge in [-0.2, -0.15) is 0 Å². The van der Waals surface area contributed by atoms with E-state index in [1.165, 1.54) is 42.5 Å². The first-order valence-corrected chi connectivity index (χ1v) is 6.81. The molecule has 0 radical (unpaired) electrons. The molecule has 0 unspecified atom stereocenters. The van der Waals surface area contributed by atoms with E-state index in [2.05, 4.69) is 10.6 Å². The first-order chi connectivity index (χ1) is 9.56. The molecule has 0 saturated heterocycles. The van der Waals surface area contributed by atoms with E-state index in [4.69, 9.17) is 0 Å². The zero-order valence-electron chi connectivity index (χ0n) is 10.7. The lowest BCUT2D eigenvalue weighted by molar-refractivity contribution is -0.119. The normalized spacial score (nSPS) is 11.7. The molecular weight excluding hydrogens is 279 g/mol. The zero-order valence-corrected chi connectivity index (χ0v) is 11.5. The molecule has 0 aliphatic rings. The van der Waals surface area contributed by atoms with Crippen LogP contribution in [0.4, 0.5) is 10.1 Å². The lowest BCUT2D eigenvalue weighted by Crippen LogP contribution is -2.45. The molecule has 1 atom stereocenters. The number of carbonyl (C=O) groups excluding carboxylic acids is 2. The highest BCUT2D eigenvalue weighted by Gasteiger charge is 2.21. The number of amides is 1. The topological polar surface area (TPSA) is 58.2 Å². The van der Waals surface area contributed by atoms with Gasteiger partial charge < -0.3 is 10.6 Å². The first kappa shape index (κ1) is 14.2. The van der Waals surface area contributed by atoms with Crippen LogP contribution in [0.2, 0.25) is 0 Å². The van der Waals surface area contributed by atoms with E-state index < -0.39 is 6.17 Å². The van der Waals surface area contributed by atoms with Gasteiger partial charge in [-0.15, -0.1) is 11.3 Å². The lowest BCUT2D eigenvalue weighted by Gasteiger charge is -2.18. The average Bonchev–Trinajstić information content (AvgIpc) is 2.93. The summed E-state index contributed by atoms with van der Waals surface area (Å²) in [6.45, 7) is 1.33. The van der Waals surface area contributed by atoms with Crippen LogP contribution in [0.5, 0.6) is 0 Å². The van der Waals surface area contributed by atoms with Crippen molar-refractivity contribution in [1.82, 2.24) is 5.32 Å². The molecule has 0 fully saturated rings. The van der Waals surface area contributed by atoms with E-state index in [-0.39, 0.29) is 17.5 Å². The molecule has 0 bridgehead atoms. The Hall–Kier alpha value is -2.21. The van der Waals surface area contributed by atoms with Crippen molar-refractivity contribution in [2.75, 3.05) is 5.32 Å². The van der Waals surface area contributed by atoms with Gasteiger partial charge >= 0.3 is 0 Å². The number of Topliss-reactive ketones (excluding diaryl/α,β-unsaturated/α-hetero) is 1. The Balaban J connectivity index is 2.17. The molecule has 1 heterocycles. The van der Waals surface area contributed by atoms with Crippen molar-refractivity contribution >= 4 is 28.7 Å². The Morgan fingerprint density at radius 3 is 2.45 bits per heavy atom. The second kappa shape index (κ2) is 6.29. The van der Waals surface area contributed by atoms with Crippen LogP contribution in [0.25, 0.3) is 0 Å². The van der Waals surface area contributed by atoms with Crippen molar-refractivity contribution in [1.29, 1.82) is 0 Å². The Morgan fingerprint density at radius 1 is 1.20 bits per heavy atom. The van der Waals surface area contributed by atoms with Gasteiger partial charge in [0, 0.05) is 12.6 Å². The van der Waals surface area contributed by atoms with Crippen molar-refractivity contribution < 1.29 is 14.0 Å². The van der Waals surface area contributed by atoms with Gasteiger partial charge in [-0.1, -0.05) is 6.07 Å². The fourth-order valence-corrected chi connectivity index (χ4v) is 2.34. The molecule has 20 heavy (non-hydrogen) atoms. The minimum absolute atomic E-state index is 0.237. The minimum atomic E-state index is -0.878. The van der Waals surface area contributed by atoms with E-state index in [1.807, 2.05) is 0 Å². The Kier molecular flexibility index (Phi) is 4.47. The molecule has 4 nitrogen and oxygen atoms in total. The monoisotopic (exact) mass is 292 g/mol. The third-order valence-corrected chi connectivity index (χ3v) is 3.41. The van der Waals surface area contributed by atoms with Gasteiger partial charge in [-0.05, 0) is 35.7 Å². The molecule has 2 N–H and O–H groups in total. The molecule has 104 valence electrons. The van der Waals surface area contributed by atoms with Gasteiger partial charge in [0.15, 0.2) is 6.17 Å². The van der Waals surface area contributed by atoms with Crippen LogP contribution in [-0.2, 0) is 4.79 Å². The number of hydrogen-bond acceptors (Lipinski definition) is 4. The summed E-state index contributed by atoms with van der Waals surface area (Å²) in [6.07, 6.45) is -0.878. The predicted molar refractivity (Wildman–Crippen MR) is 76.3 cm³/mol. The predicted octanol–water partition coefficient (Wildman–Crippen LogP) is 2.64. The van der Waals surface area contributed by atoms with Crippen LogP contribution in [0.15, 0.2) is 41.8 Å². The zero-order chi connectivity index (χ0) is 14.5. The second-order valence-corrected chi connectivity index (χ2v) is 5.07. The van der Waals surface area contributed by atoms with Crippen LogP contribution < -0.4 is 10.6 Å². The van der Waals surface area contributed by atoms with Gasteiger partial charge in [0.1, 0.15) is 5.82 Å². The summed E-state index contributed by atoms with van der Waals surface area (Å²) in [5.74, 6) is -0.926. The molecule has 6 heteroatoms. The van der Waals surface area contributed by atoms with E-state index in [0.717, 1.165) is 0 Å². The van der Waals surface area contributed by atoms with E-state index in [9.17, 15) is 14.0 Å². The number of anilines is 1. The van der Waals surface area contributed by atoms with E-state index in [1.54, 1.807) is 17.5 Å². The number of ketones is 1. The van der Waals surface area contributed by atoms with Crippen LogP contribution in [-0.4, -0.2) is 17.9 Å². The van der Waals surface area contributed by atoms with Crippen molar-refractivity contribution in [3.05, 3.63) is 52.5 Å². The Labute approximate surface area is 119 Å². The summed E-state index contributed by atoms with van der Waals surface area (Å²) < 4.78 is 12.9. The fourth-order valence-electron chi connectivity index (χ4n) is 1.64. The van der Waals surface area contributed by atoms with Crippen molar-refractivity contribution in [3.8, 4) is 0 Å². The molecule has 1 aromatic heterocycles. The molecule has 1 amide bonds. The maximum absolute atomic E-state index is 12.9. The van der Waals surface area contributed by atoms with Crippen molar-refractivity contribution in [2.45, 2.75) is 13.1 Å². The van der Waals surface area contributed by atoms with Crippen LogP contribution in [0.3, 0.4) is 0 Å². The molecular formula is C14H13FN2O2S. The highest BCUT2D eigenvalue weighted by atomic mass is 32.1. The maximum atomic E-state index is 12.9. The number of carbonyl (C=O) groups is 2. The number of rotatable bonds is 5.